The number of rotatable bonds is 6. The standard InChI is InChI=1S/C30H37N3O8/c1-33(2)23-17-9-14-8-16-21(24(35)20(14)27(37)30(17,40)28(38)22(25(23)36)29(31)39)19(34)10-15(26(16)41-3)11-32-18-7-12-4-5-13(18)6-12/h10,12-14,17-18,23,32,34-35,38,40H,4-9,11H2,1-3H3,(H2,31,39)/t12?,13?,14-,17-,18+,23-,30-/m0/s1. The number of primary amides is 1. The smallest absolute Gasteiger partial charge is 0.255 e. The number of likely N-dealkylation sites (N-methyl/N-ethyl adjacent to an activating group) is 1. The first-order valence-electron chi connectivity index (χ1n) is 14.2. The molecule has 7 atom stereocenters. The van der Waals surface area contributed by atoms with E-state index in [-0.39, 0.29) is 29.7 Å². The van der Waals surface area contributed by atoms with Gasteiger partial charge < -0.3 is 36.2 Å². The van der Waals surface area contributed by atoms with E-state index >= 15 is 0 Å². The fourth-order valence-electron chi connectivity index (χ4n) is 8.48. The second-order valence-electron chi connectivity index (χ2n) is 12.6. The molecule has 0 spiro atoms. The number of nitrogens with zero attached hydrogens (tertiary/aromatic N) is 1. The quantitative estimate of drug-likeness (QED) is 0.274. The number of hydrogen-bond donors (Lipinski definition) is 6. The number of fused-ring (bicyclic) bond motifs is 5. The number of phenolic OH excluding ortho intramolecular Hbond substituents is 1. The number of aliphatic hydroxyl groups is 3. The van der Waals surface area contributed by atoms with E-state index in [1.165, 1.54) is 37.3 Å². The third-order valence-corrected chi connectivity index (χ3v) is 10.2. The van der Waals surface area contributed by atoms with Gasteiger partial charge in [-0.05, 0) is 70.0 Å². The normalized spacial score (nSPS) is 34.2. The van der Waals surface area contributed by atoms with E-state index in [1.807, 2.05) is 0 Å². The molecule has 2 unspecified atom stereocenters. The van der Waals surface area contributed by atoms with Crippen LogP contribution < -0.4 is 15.8 Å². The molecule has 1 amide bonds. The van der Waals surface area contributed by atoms with Crippen LogP contribution in [-0.4, -0.2) is 81.7 Å². The van der Waals surface area contributed by atoms with Crippen LogP contribution in [0, 0.1) is 23.7 Å². The highest BCUT2D eigenvalue weighted by Gasteiger charge is 2.64. The highest BCUT2D eigenvalue weighted by atomic mass is 16.5. The van der Waals surface area contributed by atoms with E-state index in [9.17, 15) is 34.8 Å². The summed E-state index contributed by atoms with van der Waals surface area (Å²) in [6.07, 6.45) is 5.11. The van der Waals surface area contributed by atoms with Crippen molar-refractivity contribution in [1.29, 1.82) is 0 Å². The van der Waals surface area contributed by atoms with Crippen LogP contribution >= 0.6 is 0 Å². The number of carbonyl (C=O) groups is 3. The number of ether oxygens (including phenoxy) is 1. The van der Waals surface area contributed by atoms with E-state index in [2.05, 4.69) is 5.32 Å². The van der Waals surface area contributed by atoms with Gasteiger partial charge in [-0.2, -0.15) is 0 Å². The van der Waals surface area contributed by atoms with E-state index in [0.29, 0.717) is 29.8 Å². The molecule has 5 aliphatic rings. The maximum absolute atomic E-state index is 14.0. The van der Waals surface area contributed by atoms with Crippen LogP contribution in [0.2, 0.25) is 0 Å². The fourth-order valence-corrected chi connectivity index (χ4v) is 8.48. The molecule has 5 aliphatic carbocycles. The van der Waals surface area contributed by atoms with Crippen molar-refractivity contribution < 1.29 is 39.5 Å². The largest absolute Gasteiger partial charge is 0.508 e. The first-order valence-corrected chi connectivity index (χ1v) is 14.2. The van der Waals surface area contributed by atoms with Crippen LogP contribution in [0.5, 0.6) is 11.5 Å². The predicted molar refractivity (Wildman–Crippen MR) is 147 cm³/mol. The summed E-state index contributed by atoms with van der Waals surface area (Å²) in [6.45, 7) is 0.465. The number of Topliss-reactive ketones (excluding diaryl/α,β-unsaturated/α-hetero) is 2. The van der Waals surface area contributed by atoms with Gasteiger partial charge >= 0.3 is 0 Å². The van der Waals surface area contributed by atoms with Gasteiger partial charge in [0.1, 0.15) is 28.6 Å². The van der Waals surface area contributed by atoms with Crippen molar-refractivity contribution in [3.05, 3.63) is 39.7 Å². The number of amides is 1. The predicted octanol–water partition coefficient (Wildman–Crippen LogP) is 1.25. The first kappa shape index (κ1) is 27.7. The van der Waals surface area contributed by atoms with E-state index in [4.69, 9.17) is 10.5 Å². The summed E-state index contributed by atoms with van der Waals surface area (Å²) in [5.74, 6) is -4.79. The highest BCUT2D eigenvalue weighted by Crippen LogP contribution is 2.54. The summed E-state index contributed by atoms with van der Waals surface area (Å²) in [6, 6.07) is 0.798. The molecule has 0 heterocycles. The molecular formula is C30H37N3O8. The molecule has 0 saturated heterocycles. The number of ketones is 2. The lowest BCUT2D eigenvalue weighted by atomic mass is 9.57. The molecule has 11 heteroatoms. The monoisotopic (exact) mass is 567 g/mol. The second kappa shape index (κ2) is 9.57. The van der Waals surface area contributed by atoms with Crippen LogP contribution in [-0.2, 0) is 27.3 Å². The van der Waals surface area contributed by atoms with Gasteiger partial charge in [0.15, 0.2) is 11.4 Å². The van der Waals surface area contributed by atoms with Gasteiger partial charge in [-0.1, -0.05) is 6.42 Å². The lowest BCUT2D eigenvalue weighted by Gasteiger charge is -2.50. The lowest BCUT2D eigenvalue weighted by molar-refractivity contribution is -0.153. The summed E-state index contributed by atoms with van der Waals surface area (Å²) in [7, 11) is 4.67. The fraction of sp³-hybridized carbons (Fsp3) is 0.567. The minimum absolute atomic E-state index is 0.0295. The Morgan fingerprint density at radius 3 is 2.49 bits per heavy atom. The van der Waals surface area contributed by atoms with Crippen molar-refractivity contribution in [3.8, 4) is 11.5 Å². The number of methoxy groups -OCH3 is 1. The number of benzene rings is 1. The topological polar surface area (TPSA) is 183 Å². The number of phenols is 1. The molecule has 0 radical (unpaired) electrons. The zero-order valence-corrected chi connectivity index (χ0v) is 23.4. The number of aliphatic hydroxyl groups excluding tert-OH is 2. The van der Waals surface area contributed by atoms with Gasteiger partial charge in [0.25, 0.3) is 5.91 Å². The maximum atomic E-state index is 14.0. The van der Waals surface area contributed by atoms with Gasteiger partial charge in [0.2, 0.25) is 5.78 Å². The van der Waals surface area contributed by atoms with Crippen LogP contribution in [0.3, 0.4) is 0 Å². The molecule has 11 nitrogen and oxygen atoms in total. The van der Waals surface area contributed by atoms with Gasteiger partial charge in [-0.3, -0.25) is 19.3 Å². The molecule has 1 aromatic carbocycles. The third kappa shape index (κ3) is 3.85. The van der Waals surface area contributed by atoms with Gasteiger partial charge in [0.05, 0.1) is 18.7 Å². The maximum Gasteiger partial charge on any atom is 0.255 e. The zero-order chi connectivity index (χ0) is 29.5. The Balaban J connectivity index is 1.42. The van der Waals surface area contributed by atoms with Crippen molar-refractivity contribution >= 4 is 23.2 Å². The Kier molecular flexibility index (Phi) is 6.48. The summed E-state index contributed by atoms with van der Waals surface area (Å²) >= 11 is 0. The summed E-state index contributed by atoms with van der Waals surface area (Å²) in [5, 5.41) is 48.8. The number of carbonyl (C=O) groups excluding carboxylic acids is 3. The van der Waals surface area contributed by atoms with Crippen molar-refractivity contribution in [2.45, 2.75) is 62.8 Å². The van der Waals surface area contributed by atoms with E-state index in [0.717, 1.165) is 17.9 Å². The molecule has 2 bridgehead atoms. The first-order chi connectivity index (χ1) is 19.4. The number of nitrogens with two attached hydrogens (primary N) is 1. The minimum atomic E-state index is -2.66. The molecule has 41 heavy (non-hydrogen) atoms. The van der Waals surface area contributed by atoms with Crippen molar-refractivity contribution in [3.63, 3.8) is 0 Å². The summed E-state index contributed by atoms with van der Waals surface area (Å²) in [4.78, 5) is 40.8. The Bertz CT molecular complexity index is 1430. The number of aromatic hydroxyl groups is 1. The number of hydrogen-bond acceptors (Lipinski definition) is 10. The van der Waals surface area contributed by atoms with Crippen molar-refractivity contribution in [2.75, 3.05) is 21.2 Å². The van der Waals surface area contributed by atoms with E-state index < -0.39 is 58.0 Å². The Morgan fingerprint density at radius 1 is 1.17 bits per heavy atom. The molecule has 0 aromatic heterocycles. The van der Waals surface area contributed by atoms with E-state index in [1.54, 1.807) is 14.1 Å². The van der Waals surface area contributed by atoms with Crippen LogP contribution in [0.1, 0.15) is 48.8 Å². The summed E-state index contributed by atoms with van der Waals surface area (Å²) < 4.78 is 5.81. The SMILES string of the molecule is COc1c(CN[C@@H]2CC3CCC2C3)cc(O)c2c1C[C@H]1C[C@H]3[C@H](N(C)C)C(=O)C(C(N)=O)=C(O)[C@@]3(O)C(=O)C1=C2O. The van der Waals surface area contributed by atoms with Crippen molar-refractivity contribution in [1.82, 2.24) is 10.2 Å². The Hall–Kier alpha value is -3.41. The molecular weight excluding hydrogens is 530 g/mol. The van der Waals surface area contributed by atoms with Crippen LogP contribution in [0.25, 0.3) is 5.76 Å². The molecule has 220 valence electrons. The highest BCUT2D eigenvalue weighted by molar-refractivity contribution is 6.24. The summed E-state index contributed by atoms with van der Waals surface area (Å²) in [5.41, 5.74) is 3.00. The van der Waals surface area contributed by atoms with Crippen molar-refractivity contribution in [2.24, 2.45) is 29.4 Å². The molecule has 3 saturated carbocycles. The molecule has 3 fully saturated rings. The average molecular weight is 568 g/mol. The molecule has 7 N–H and O–H groups in total. The zero-order valence-electron chi connectivity index (χ0n) is 23.4. The van der Waals surface area contributed by atoms with Crippen LogP contribution in [0.15, 0.2) is 23.0 Å². The third-order valence-electron chi connectivity index (χ3n) is 10.2. The number of nitrogens with one attached hydrogen (secondary N) is 1. The molecule has 6 rings (SSSR count). The van der Waals surface area contributed by atoms with Crippen LogP contribution in [0.4, 0.5) is 0 Å². The second-order valence-corrected chi connectivity index (χ2v) is 12.6. The lowest BCUT2D eigenvalue weighted by Crippen LogP contribution is -2.65. The van der Waals surface area contributed by atoms with Gasteiger partial charge in [0, 0.05) is 35.2 Å². The Morgan fingerprint density at radius 2 is 1.90 bits per heavy atom. The molecule has 1 aromatic rings. The average Bonchev–Trinajstić information content (AvgIpc) is 3.53. The molecule has 0 aliphatic heterocycles. The Labute approximate surface area is 237 Å². The van der Waals surface area contributed by atoms with Gasteiger partial charge in [-0.15, -0.1) is 0 Å². The van der Waals surface area contributed by atoms with Gasteiger partial charge in [-0.25, -0.2) is 0 Å². The minimum Gasteiger partial charge on any atom is -0.508 e.